The molecule has 1 aromatic heterocycles. The van der Waals surface area contributed by atoms with Gasteiger partial charge in [0.05, 0.1) is 11.6 Å². The first kappa shape index (κ1) is 15.0. The maximum atomic E-state index is 12.5. The highest BCUT2D eigenvalue weighted by atomic mass is 16.2. The predicted octanol–water partition coefficient (Wildman–Crippen LogP) is 1.38. The average molecular weight is 278 g/mol. The smallest absolute Gasteiger partial charge is 0.227 e. The standard InChI is InChI=1S/C15H26N4O/c1-19-11-13(10-18-19)6-9-17-14(20)15(12-16)7-4-2-3-5-8-15/h10-11H,2-9,12,16H2,1H3,(H,17,20). The minimum atomic E-state index is -0.328. The maximum absolute atomic E-state index is 12.5. The van der Waals surface area contributed by atoms with Crippen molar-refractivity contribution in [1.29, 1.82) is 0 Å². The fourth-order valence-corrected chi connectivity index (χ4v) is 3.04. The van der Waals surface area contributed by atoms with E-state index in [1.807, 2.05) is 19.4 Å². The van der Waals surface area contributed by atoms with Crippen molar-refractivity contribution in [3.8, 4) is 0 Å². The van der Waals surface area contributed by atoms with E-state index in [1.165, 1.54) is 12.8 Å². The van der Waals surface area contributed by atoms with Crippen LogP contribution in [0.15, 0.2) is 12.4 Å². The summed E-state index contributed by atoms with van der Waals surface area (Å²) in [6, 6.07) is 0. The number of nitrogens with zero attached hydrogens (tertiary/aromatic N) is 2. The van der Waals surface area contributed by atoms with Crippen molar-refractivity contribution >= 4 is 5.91 Å². The van der Waals surface area contributed by atoms with Gasteiger partial charge in [0.2, 0.25) is 5.91 Å². The lowest BCUT2D eigenvalue weighted by Gasteiger charge is -2.29. The summed E-state index contributed by atoms with van der Waals surface area (Å²) in [5.74, 6) is 0.144. The number of nitrogens with one attached hydrogen (secondary N) is 1. The van der Waals surface area contributed by atoms with E-state index in [0.29, 0.717) is 13.1 Å². The third-order valence-electron chi connectivity index (χ3n) is 4.39. The fourth-order valence-electron chi connectivity index (χ4n) is 3.04. The van der Waals surface area contributed by atoms with Crippen LogP contribution in [-0.4, -0.2) is 28.8 Å². The molecule has 20 heavy (non-hydrogen) atoms. The van der Waals surface area contributed by atoms with Crippen LogP contribution in [0, 0.1) is 5.41 Å². The molecule has 1 aromatic rings. The van der Waals surface area contributed by atoms with Crippen LogP contribution in [-0.2, 0) is 18.3 Å². The van der Waals surface area contributed by atoms with Crippen molar-refractivity contribution < 1.29 is 4.79 Å². The SMILES string of the molecule is Cn1cc(CCNC(=O)C2(CN)CCCCCC2)cn1. The molecule has 0 saturated heterocycles. The van der Waals surface area contributed by atoms with E-state index >= 15 is 0 Å². The lowest BCUT2D eigenvalue weighted by atomic mass is 9.79. The number of aryl methyl sites for hydroxylation is 1. The first-order valence-electron chi connectivity index (χ1n) is 7.62. The molecular weight excluding hydrogens is 252 g/mol. The van der Waals surface area contributed by atoms with Gasteiger partial charge in [-0.1, -0.05) is 25.7 Å². The zero-order valence-corrected chi connectivity index (χ0v) is 12.4. The minimum Gasteiger partial charge on any atom is -0.355 e. The Morgan fingerprint density at radius 2 is 2.10 bits per heavy atom. The third kappa shape index (κ3) is 3.60. The van der Waals surface area contributed by atoms with Gasteiger partial charge in [-0.3, -0.25) is 9.48 Å². The van der Waals surface area contributed by atoms with Crippen LogP contribution >= 0.6 is 0 Å². The summed E-state index contributed by atoms with van der Waals surface area (Å²) >= 11 is 0. The zero-order valence-electron chi connectivity index (χ0n) is 12.4. The van der Waals surface area contributed by atoms with Crippen LogP contribution in [0.3, 0.4) is 0 Å². The molecule has 2 rings (SSSR count). The number of carbonyl (C=O) groups excluding carboxylic acids is 1. The molecule has 0 atom stereocenters. The Balaban J connectivity index is 1.85. The molecule has 0 aromatic carbocycles. The summed E-state index contributed by atoms with van der Waals surface area (Å²) in [6.45, 7) is 1.12. The first-order valence-corrected chi connectivity index (χ1v) is 7.62. The Bertz CT molecular complexity index is 433. The second-order valence-electron chi connectivity index (χ2n) is 5.93. The Morgan fingerprint density at radius 1 is 1.40 bits per heavy atom. The van der Waals surface area contributed by atoms with Crippen LogP contribution in [0.4, 0.5) is 0 Å². The molecule has 0 spiro atoms. The van der Waals surface area contributed by atoms with E-state index < -0.39 is 0 Å². The van der Waals surface area contributed by atoms with Gasteiger partial charge in [0, 0.05) is 26.3 Å². The Morgan fingerprint density at radius 3 is 2.65 bits per heavy atom. The lowest BCUT2D eigenvalue weighted by molar-refractivity contribution is -0.131. The number of hydrogen-bond acceptors (Lipinski definition) is 3. The number of aromatic nitrogens is 2. The Labute approximate surface area is 120 Å². The molecule has 0 radical (unpaired) electrons. The average Bonchev–Trinajstić information content (AvgIpc) is 2.73. The van der Waals surface area contributed by atoms with Crippen molar-refractivity contribution in [1.82, 2.24) is 15.1 Å². The summed E-state index contributed by atoms with van der Waals surface area (Å²) in [5.41, 5.74) is 6.74. The van der Waals surface area contributed by atoms with Gasteiger partial charge in [0.15, 0.2) is 0 Å². The monoisotopic (exact) mass is 278 g/mol. The first-order chi connectivity index (χ1) is 9.66. The van der Waals surface area contributed by atoms with Crippen LogP contribution in [0.25, 0.3) is 0 Å². The molecule has 3 N–H and O–H groups in total. The second kappa shape index (κ2) is 6.88. The summed E-state index contributed by atoms with van der Waals surface area (Å²) in [7, 11) is 1.90. The van der Waals surface area contributed by atoms with E-state index in [4.69, 9.17) is 5.73 Å². The van der Waals surface area contributed by atoms with Gasteiger partial charge >= 0.3 is 0 Å². The van der Waals surface area contributed by atoms with E-state index in [2.05, 4.69) is 10.4 Å². The summed E-state index contributed by atoms with van der Waals surface area (Å²) in [4.78, 5) is 12.5. The van der Waals surface area contributed by atoms with Crippen molar-refractivity contribution in [3.63, 3.8) is 0 Å². The van der Waals surface area contributed by atoms with E-state index in [0.717, 1.165) is 37.7 Å². The molecule has 1 aliphatic rings. The molecule has 1 fully saturated rings. The molecule has 1 amide bonds. The normalized spacial score (nSPS) is 18.5. The largest absolute Gasteiger partial charge is 0.355 e. The number of carbonyl (C=O) groups is 1. The fraction of sp³-hybridized carbons (Fsp3) is 0.733. The van der Waals surface area contributed by atoms with Gasteiger partial charge < -0.3 is 11.1 Å². The van der Waals surface area contributed by atoms with Crippen LogP contribution in [0.5, 0.6) is 0 Å². The number of hydrogen-bond donors (Lipinski definition) is 2. The van der Waals surface area contributed by atoms with Gasteiger partial charge in [0.1, 0.15) is 0 Å². The Kier molecular flexibility index (Phi) is 5.17. The topological polar surface area (TPSA) is 72.9 Å². The third-order valence-corrected chi connectivity index (χ3v) is 4.39. The van der Waals surface area contributed by atoms with Crippen LogP contribution in [0.2, 0.25) is 0 Å². The van der Waals surface area contributed by atoms with Crippen molar-refractivity contribution in [2.75, 3.05) is 13.1 Å². The van der Waals surface area contributed by atoms with Crippen LogP contribution in [0.1, 0.15) is 44.1 Å². The van der Waals surface area contributed by atoms with Gasteiger partial charge in [0.25, 0.3) is 0 Å². The van der Waals surface area contributed by atoms with Gasteiger partial charge in [-0.15, -0.1) is 0 Å². The highest BCUT2D eigenvalue weighted by molar-refractivity contribution is 5.82. The van der Waals surface area contributed by atoms with Gasteiger partial charge in [-0.05, 0) is 24.8 Å². The zero-order chi connectivity index (χ0) is 14.4. The molecule has 0 aliphatic heterocycles. The van der Waals surface area contributed by atoms with E-state index in [9.17, 15) is 4.79 Å². The molecule has 1 heterocycles. The molecule has 0 unspecified atom stereocenters. The molecular formula is C15H26N4O. The molecule has 1 saturated carbocycles. The van der Waals surface area contributed by atoms with Crippen molar-refractivity contribution in [2.24, 2.45) is 18.2 Å². The van der Waals surface area contributed by atoms with Gasteiger partial charge in [-0.25, -0.2) is 0 Å². The van der Waals surface area contributed by atoms with Crippen LogP contribution < -0.4 is 11.1 Å². The minimum absolute atomic E-state index is 0.144. The lowest BCUT2D eigenvalue weighted by Crippen LogP contribution is -2.46. The summed E-state index contributed by atoms with van der Waals surface area (Å²) in [6.07, 6.45) is 11.2. The molecule has 0 bridgehead atoms. The number of rotatable bonds is 5. The summed E-state index contributed by atoms with van der Waals surface area (Å²) < 4.78 is 1.78. The summed E-state index contributed by atoms with van der Waals surface area (Å²) in [5, 5.41) is 7.20. The molecule has 5 heteroatoms. The van der Waals surface area contributed by atoms with Crippen molar-refractivity contribution in [2.45, 2.75) is 44.9 Å². The molecule has 1 aliphatic carbocycles. The predicted molar refractivity (Wildman–Crippen MR) is 79.1 cm³/mol. The van der Waals surface area contributed by atoms with E-state index in [1.54, 1.807) is 4.68 Å². The highest BCUT2D eigenvalue weighted by Gasteiger charge is 2.36. The number of nitrogens with two attached hydrogens (primary N) is 1. The molecule has 5 nitrogen and oxygen atoms in total. The quantitative estimate of drug-likeness (QED) is 0.799. The number of amides is 1. The van der Waals surface area contributed by atoms with E-state index in [-0.39, 0.29) is 11.3 Å². The second-order valence-corrected chi connectivity index (χ2v) is 5.93. The molecule has 112 valence electrons. The highest BCUT2D eigenvalue weighted by Crippen LogP contribution is 2.34. The Hall–Kier alpha value is -1.36. The maximum Gasteiger partial charge on any atom is 0.227 e. The van der Waals surface area contributed by atoms with Crippen molar-refractivity contribution in [3.05, 3.63) is 18.0 Å². The van der Waals surface area contributed by atoms with Gasteiger partial charge in [-0.2, -0.15) is 5.10 Å².